The Kier molecular flexibility index (Phi) is 9.75. The summed E-state index contributed by atoms with van der Waals surface area (Å²) >= 11 is 0. The van der Waals surface area contributed by atoms with E-state index in [1.807, 2.05) is 39.8 Å². The van der Waals surface area contributed by atoms with Crippen molar-refractivity contribution in [3.05, 3.63) is 35.4 Å². The van der Waals surface area contributed by atoms with E-state index in [4.69, 9.17) is 5.73 Å². The second-order valence-electron chi connectivity index (χ2n) is 6.80. The van der Waals surface area contributed by atoms with Gasteiger partial charge < -0.3 is 16.0 Å². The fourth-order valence-electron chi connectivity index (χ4n) is 2.41. The van der Waals surface area contributed by atoms with Gasteiger partial charge in [-0.25, -0.2) is 0 Å². The molecule has 0 radical (unpaired) electrons. The van der Waals surface area contributed by atoms with Gasteiger partial charge in [0.1, 0.15) is 0 Å². The molecule has 3 N–H and O–H groups in total. The van der Waals surface area contributed by atoms with Crippen molar-refractivity contribution >= 4 is 24.2 Å². The van der Waals surface area contributed by atoms with Gasteiger partial charge in [0.25, 0.3) is 5.91 Å². The molecule has 0 spiro atoms. The number of amides is 2. The molecule has 0 heterocycles. The number of nitrogens with one attached hydrogen (secondary N) is 1. The Labute approximate surface area is 157 Å². The Morgan fingerprint density at radius 3 is 2.12 bits per heavy atom. The van der Waals surface area contributed by atoms with Crippen molar-refractivity contribution in [3.8, 4) is 0 Å². The number of hydrogen-bond acceptors (Lipinski definition) is 3. The predicted octanol–water partition coefficient (Wildman–Crippen LogP) is 2.97. The normalized spacial score (nSPS) is 11.0. The summed E-state index contributed by atoms with van der Waals surface area (Å²) in [7, 11) is 1.79. The van der Waals surface area contributed by atoms with Crippen LogP contribution in [0, 0.1) is 5.92 Å². The van der Waals surface area contributed by atoms with Gasteiger partial charge in [-0.2, -0.15) is 0 Å². The van der Waals surface area contributed by atoms with Gasteiger partial charge in [-0.1, -0.05) is 39.8 Å². The quantitative estimate of drug-likeness (QED) is 0.739. The smallest absolute Gasteiger partial charge is 0.251 e. The molecule has 2 amide bonds. The van der Waals surface area contributed by atoms with Crippen LogP contribution in [0.1, 0.15) is 56.5 Å². The van der Waals surface area contributed by atoms with E-state index in [0.717, 1.165) is 18.4 Å². The van der Waals surface area contributed by atoms with E-state index >= 15 is 0 Å². The summed E-state index contributed by atoms with van der Waals surface area (Å²) in [5.74, 6) is -0.0335. The van der Waals surface area contributed by atoms with E-state index in [1.165, 1.54) is 0 Å². The van der Waals surface area contributed by atoms with Crippen molar-refractivity contribution < 1.29 is 9.59 Å². The van der Waals surface area contributed by atoms with Gasteiger partial charge in [0.15, 0.2) is 0 Å². The third-order valence-corrected chi connectivity index (χ3v) is 4.52. The molecule has 0 aliphatic rings. The number of hydrogen-bond donors (Lipinski definition) is 2. The maximum atomic E-state index is 12.2. The number of nitrogens with zero attached hydrogens (tertiary/aromatic N) is 1. The minimum Gasteiger partial charge on any atom is -0.350 e. The van der Waals surface area contributed by atoms with Gasteiger partial charge in [0, 0.05) is 37.2 Å². The summed E-state index contributed by atoms with van der Waals surface area (Å²) in [5, 5.41) is 2.91. The number of benzene rings is 1. The molecule has 1 aromatic carbocycles. The average Bonchev–Trinajstić information content (AvgIpc) is 2.59. The first-order valence-corrected chi connectivity index (χ1v) is 8.63. The molecule has 0 saturated heterocycles. The van der Waals surface area contributed by atoms with Crippen LogP contribution >= 0.6 is 12.4 Å². The predicted molar refractivity (Wildman–Crippen MR) is 105 cm³/mol. The third kappa shape index (κ3) is 7.04. The summed E-state index contributed by atoms with van der Waals surface area (Å²) in [6.07, 6.45) is 1.64. The molecular formula is C19H32ClN3O2. The molecule has 6 heteroatoms. The second kappa shape index (κ2) is 10.4. The molecule has 0 saturated carbocycles. The molecule has 0 bridgehead atoms. The van der Waals surface area contributed by atoms with Crippen LogP contribution in [-0.2, 0) is 11.3 Å². The molecule has 142 valence electrons. The van der Waals surface area contributed by atoms with Crippen molar-refractivity contribution in [1.82, 2.24) is 10.2 Å². The Bertz CT molecular complexity index is 554. The average molecular weight is 370 g/mol. The van der Waals surface area contributed by atoms with E-state index in [1.54, 1.807) is 24.1 Å². The van der Waals surface area contributed by atoms with Gasteiger partial charge in [-0.3, -0.25) is 9.59 Å². The van der Waals surface area contributed by atoms with Gasteiger partial charge in [0.05, 0.1) is 0 Å². The second-order valence-corrected chi connectivity index (χ2v) is 6.80. The van der Waals surface area contributed by atoms with Crippen LogP contribution in [0.3, 0.4) is 0 Å². The summed E-state index contributed by atoms with van der Waals surface area (Å²) in [5.41, 5.74) is 7.45. The highest BCUT2D eigenvalue weighted by atomic mass is 35.5. The molecule has 0 unspecified atom stereocenters. The number of carbonyl (C=O) groups excluding carboxylic acids is 2. The lowest BCUT2D eigenvalue weighted by atomic mass is 9.94. The van der Waals surface area contributed by atoms with Crippen molar-refractivity contribution in [2.75, 3.05) is 13.6 Å². The molecule has 25 heavy (non-hydrogen) atoms. The highest BCUT2D eigenvalue weighted by Crippen LogP contribution is 2.11. The Balaban J connectivity index is 0.00000576. The van der Waals surface area contributed by atoms with Gasteiger partial charge in [-0.15, -0.1) is 12.4 Å². The lowest BCUT2D eigenvalue weighted by Gasteiger charge is -2.26. The molecule has 1 aromatic rings. The SMILES string of the molecule is CCC(N)(CC)CNC(=O)c1ccc(CN(C)C(=O)C(C)C)cc1.Cl. The first-order chi connectivity index (χ1) is 11.2. The van der Waals surface area contributed by atoms with Crippen LogP contribution in [0.15, 0.2) is 24.3 Å². The summed E-state index contributed by atoms with van der Waals surface area (Å²) in [4.78, 5) is 25.8. The molecule has 0 atom stereocenters. The number of nitrogens with two attached hydrogens (primary N) is 1. The Morgan fingerprint density at radius 2 is 1.68 bits per heavy atom. The van der Waals surface area contributed by atoms with E-state index in [-0.39, 0.29) is 35.7 Å². The lowest BCUT2D eigenvalue weighted by molar-refractivity contribution is -0.133. The van der Waals surface area contributed by atoms with E-state index in [0.29, 0.717) is 18.7 Å². The van der Waals surface area contributed by atoms with Crippen LogP contribution in [0.25, 0.3) is 0 Å². The molecule has 0 aromatic heterocycles. The van der Waals surface area contributed by atoms with Crippen LogP contribution in [0.4, 0.5) is 0 Å². The zero-order chi connectivity index (χ0) is 18.3. The fourth-order valence-corrected chi connectivity index (χ4v) is 2.41. The highest BCUT2D eigenvalue weighted by molar-refractivity contribution is 5.94. The number of carbonyl (C=O) groups is 2. The minimum atomic E-state index is -0.352. The summed E-state index contributed by atoms with van der Waals surface area (Å²) in [6.45, 7) is 8.83. The zero-order valence-corrected chi connectivity index (χ0v) is 16.8. The highest BCUT2D eigenvalue weighted by Gasteiger charge is 2.21. The Morgan fingerprint density at radius 1 is 1.16 bits per heavy atom. The van der Waals surface area contributed by atoms with Crippen molar-refractivity contribution in [2.45, 2.75) is 52.6 Å². The van der Waals surface area contributed by atoms with E-state index in [2.05, 4.69) is 5.32 Å². The number of halogens is 1. The summed E-state index contributed by atoms with van der Waals surface area (Å²) < 4.78 is 0. The topological polar surface area (TPSA) is 75.4 Å². The third-order valence-electron chi connectivity index (χ3n) is 4.52. The molecular weight excluding hydrogens is 338 g/mol. The molecule has 1 rings (SSSR count). The van der Waals surface area contributed by atoms with Crippen molar-refractivity contribution in [3.63, 3.8) is 0 Å². The first kappa shape index (κ1) is 23.4. The van der Waals surface area contributed by atoms with Gasteiger partial charge in [-0.05, 0) is 30.5 Å². The zero-order valence-electron chi connectivity index (χ0n) is 16.0. The molecule has 0 aliphatic heterocycles. The maximum Gasteiger partial charge on any atom is 0.251 e. The van der Waals surface area contributed by atoms with Crippen LogP contribution < -0.4 is 11.1 Å². The maximum absolute atomic E-state index is 12.2. The molecule has 0 aliphatic carbocycles. The lowest BCUT2D eigenvalue weighted by Crippen LogP contribution is -2.49. The minimum absolute atomic E-state index is 0. The Hall–Kier alpha value is -1.59. The van der Waals surface area contributed by atoms with Crippen LogP contribution in [-0.4, -0.2) is 35.8 Å². The standard InChI is InChI=1S/C19H31N3O2.ClH/c1-6-19(20,7-2)13-21-17(23)16-10-8-15(9-11-16)12-22(5)18(24)14(3)4;/h8-11,14H,6-7,12-13,20H2,1-5H3,(H,21,23);1H. The van der Waals surface area contributed by atoms with Gasteiger partial charge in [0.2, 0.25) is 5.91 Å². The van der Waals surface area contributed by atoms with E-state index in [9.17, 15) is 9.59 Å². The van der Waals surface area contributed by atoms with Crippen LogP contribution in [0.5, 0.6) is 0 Å². The molecule has 0 fully saturated rings. The van der Waals surface area contributed by atoms with Crippen LogP contribution in [0.2, 0.25) is 0 Å². The van der Waals surface area contributed by atoms with Gasteiger partial charge >= 0.3 is 0 Å². The van der Waals surface area contributed by atoms with Crippen molar-refractivity contribution in [1.29, 1.82) is 0 Å². The monoisotopic (exact) mass is 369 g/mol. The summed E-state index contributed by atoms with van der Waals surface area (Å²) in [6, 6.07) is 7.34. The fraction of sp³-hybridized carbons (Fsp3) is 0.579. The first-order valence-electron chi connectivity index (χ1n) is 8.63. The molecule has 5 nitrogen and oxygen atoms in total. The largest absolute Gasteiger partial charge is 0.350 e. The number of rotatable bonds is 8. The van der Waals surface area contributed by atoms with E-state index < -0.39 is 0 Å². The van der Waals surface area contributed by atoms with Crippen molar-refractivity contribution in [2.24, 2.45) is 11.7 Å².